The molecular formula is C7H8O3. The highest BCUT2D eigenvalue weighted by molar-refractivity contribution is 6.64. The standard InChI is InChI=1S/C7H8O3/c8-5-3-1-2-4-6(9)7(5)10/h1-4H2. The molecule has 1 fully saturated rings. The van der Waals surface area contributed by atoms with Crippen molar-refractivity contribution in [2.75, 3.05) is 0 Å². The molecule has 1 aliphatic rings. The van der Waals surface area contributed by atoms with Crippen LogP contribution in [0, 0.1) is 0 Å². The van der Waals surface area contributed by atoms with E-state index in [0.29, 0.717) is 12.8 Å². The molecule has 0 aromatic heterocycles. The van der Waals surface area contributed by atoms with Crippen molar-refractivity contribution in [2.24, 2.45) is 0 Å². The molecule has 0 unspecified atom stereocenters. The molecule has 0 aliphatic heterocycles. The van der Waals surface area contributed by atoms with Gasteiger partial charge in [0, 0.05) is 12.8 Å². The van der Waals surface area contributed by atoms with Gasteiger partial charge in [-0.05, 0) is 12.8 Å². The third-order valence-corrected chi connectivity index (χ3v) is 1.56. The Bertz CT molecular complexity index is 173. The van der Waals surface area contributed by atoms with E-state index in [4.69, 9.17) is 0 Å². The van der Waals surface area contributed by atoms with E-state index in [0.717, 1.165) is 0 Å². The molecule has 1 rings (SSSR count). The van der Waals surface area contributed by atoms with Gasteiger partial charge in [0.25, 0.3) is 5.78 Å². The fraction of sp³-hybridized carbons (Fsp3) is 0.571. The van der Waals surface area contributed by atoms with Crippen molar-refractivity contribution in [3.8, 4) is 0 Å². The topological polar surface area (TPSA) is 51.2 Å². The highest BCUT2D eigenvalue weighted by Gasteiger charge is 2.24. The van der Waals surface area contributed by atoms with E-state index in [1.807, 2.05) is 0 Å². The number of hydrogen-bond donors (Lipinski definition) is 0. The fourth-order valence-corrected chi connectivity index (χ4v) is 0.954. The van der Waals surface area contributed by atoms with Crippen molar-refractivity contribution >= 4 is 17.3 Å². The molecule has 0 atom stereocenters. The summed E-state index contributed by atoms with van der Waals surface area (Å²) in [5.41, 5.74) is 0. The van der Waals surface area contributed by atoms with Gasteiger partial charge in [0.2, 0.25) is 11.6 Å². The summed E-state index contributed by atoms with van der Waals surface area (Å²) >= 11 is 0. The molecular weight excluding hydrogens is 132 g/mol. The molecule has 0 aromatic rings. The first-order valence-electron chi connectivity index (χ1n) is 3.32. The van der Waals surface area contributed by atoms with Crippen molar-refractivity contribution in [1.29, 1.82) is 0 Å². The Balaban J connectivity index is 2.74. The summed E-state index contributed by atoms with van der Waals surface area (Å²) in [4.78, 5) is 32.0. The summed E-state index contributed by atoms with van der Waals surface area (Å²) in [6, 6.07) is 0. The molecule has 3 heteroatoms. The fourth-order valence-electron chi connectivity index (χ4n) is 0.954. The van der Waals surface area contributed by atoms with Crippen LogP contribution in [0.1, 0.15) is 25.7 Å². The van der Waals surface area contributed by atoms with Crippen LogP contribution in [0.5, 0.6) is 0 Å². The Morgan fingerprint density at radius 1 is 0.800 bits per heavy atom. The molecule has 54 valence electrons. The Kier molecular flexibility index (Phi) is 1.94. The molecule has 0 N–H and O–H groups in total. The first-order chi connectivity index (χ1) is 4.72. The van der Waals surface area contributed by atoms with E-state index in [2.05, 4.69) is 0 Å². The first-order valence-corrected chi connectivity index (χ1v) is 3.32. The second-order valence-electron chi connectivity index (χ2n) is 2.38. The normalized spacial score (nSPS) is 21.0. The van der Waals surface area contributed by atoms with Crippen LogP contribution in [-0.2, 0) is 14.4 Å². The number of Topliss-reactive ketones (excluding diaryl/α,β-unsaturated/α-hetero) is 3. The Labute approximate surface area is 58.4 Å². The van der Waals surface area contributed by atoms with Gasteiger partial charge in [0.15, 0.2) is 0 Å². The predicted molar refractivity (Wildman–Crippen MR) is 33.5 cm³/mol. The summed E-state index contributed by atoms with van der Waals surface area (Å²) in [5.74, 6) is -1.82. The molecule has 0 amide bonds. The average molecular weight is 140 g/mol. The summed E-state index contributed by atoms with van der Waals surface area (Å²) in [7, 11) is 0. The minimum absolute atomic E-state index is 0.255. The van der Waals surface area contributed by atoms with Gasteiger partial charge < -0.3 is 0 Å². The smallest absolute Gasteiger partial charge is 0.264 e. The van der Waals surface area contributed by atoms with E-state index in [1.165, 1.54) is 0 Å². The van der Waals surface area contributed by atoms with Gasteiger partial charge in [-0.3, -0.25) is 14.4 Å². The second-order valence-corrected chi connectivity index (χ2v) is 2.38. The van der Waals surface area contributed by atoms with Crippen LogP contribution in [0.2, 0.25) is 0 Å². The maximum Gasteiger partial charge on any atom is 0.264 e. The molecule has 0 radical (unpaired) electrons. The molecule has 10 heavy (non-hydrogen) atoms. The van der Waals surface area contributed by atoms with Crippen LogP contribution >= 0.6 is 0 Å². The zero-order valence-electron chi connectivity index (χ0n) is 5.55. The maximum absolute atomic E-state index is 10.7. The van der Waals surface area contributed by atoms with Gasteiger partial charge in [0.05, 0.1) is 0 Å². The largest absolute Gasteiger partial charge is 0.290 e. The van der Waals surface area contributed by atoms with Crippen molar-refractivity contribution in [3.05, 3.63) is 0 Å². The quantitative estimate of drug-likeness (QED) is 0.358. The third kappa shape index (κ3) is 1.29. The number of carbonyl (C=O) groups excluding carboxylic acids is 3. The summed E-state index contributed by atoms with van der Waals surface area (Å²) < 4.78 is 0. The number of ketones is 3. The number of rotatable bonds is 0. The lowest BCUT2D eigenvalue weighted by molar-refractivity contribution is -0.143. The van der Waals surface area contributed by atoms with Crippen LogP contribution in [0.3, 0.4) is 0 Å². The zero-order chi connectivity index (χ0) is 7.56. The van der Waals surface area contributed by atoms with Crippen molar-refractivity contribution < 1.29 is 14.4 Å². The number of hydrogen-bond acceptors (Lipinski definition) is 3. The highest BCUT2D eigenvalue weighted by Crippen LogP contribution is 2.08. The lowest BCUT2D eigenvalue weighted by Gasteiger charge is -1.87. The van der Waals surface area contributed by atoms with E-state index >= 15 is 0 Å². The maximum atomic E-state index is 10.7. The highest BCUT2D eigenvalue weighted by atomic mass is 16.2. The SMILES string of the molecule is O=C1CCCCC(=O)C1=O. The van der Waals surface area contributed by atoms with Gasteiger partial charge in [0.1, 0.15) is 0 Å². The van der Waals surface area contributed by atoms with E-state index in [9.17, 15) is 14.4 Å². The molecule has 3 nitrogen and oxygen atoms in total. The Morgan fingerprint density at radius 3 is 1.60 bits per heavy atom. The second kappa shape index (κ2) is 2.73. The van der Waals surface area contributed by atoms with Crippen molar-refractivity contribution in [1.82, 2.24) is 0 Å². The van der Waals surface area contributed by atoms with Gasteiger partial charge >= 0.3 is 0 Å². The van der Waals surface area contributed by atoms with Crippen LogP contribution in [0.25, 0.3) is 0 Å². The molecule has 0 spiro atoms. The first kappa shape index (κ1) is 7.12. The summed E-state index contributed by atoms with van der Waals surface area (Å²) in [6.45, 7) is 0. The minimum Gasteiger partial charge on any atom is -0.290 e. The predicted octanol–water partition coefficient (Wildman–Crippen LogP) is 0.268. The van der Waals surface area contributed by atoms with Gasteiger partial charge in [-0.1, -0.05) is 0 Å². The number of carbonyl (C=O) groups is 3. The van der Waals surface area contributed by atoms with Crippen LogP contribution in [0.15, 0.2) is 0 Å². The van der Waals surface area contributed by atoms with Crippen molar-refractivity contribution in [2.45, 2.75) is 25.7 Å². The van der Waals surface area contributed by atoms with E-state index < -0.39 is 17.3 Å². The van der Waals surface area contributed by atoms with Gasteiger partial charge in [-0.25, -0.2) is 0 Å². The molecule has 0 bridgehead atoms. The van der Waals surface area contributed by atoms with E-state index in [-0.39, 0.29) is 12.8 Å². The third-order valence-electron chi connectivity index (χ3n) is 1.56. The minimum atomic E-state index is -0.794. The lowest BCUT2D eigenvalue weighted by atomic mass is 10.1. The molecule has 0 aromatic carbocycles. The molecule has 1 aliphatic carbocycles. The van der Waals surface area contributed by atoms with Crippen LogP contribution < -0.4 is 0 Å². The summed E-state index contributed by atoms with van der Waals surface area (Å²) in [5, 5.41) is 0. The molecule has 1 saturated carbocycles. The lowest BCUT2D eigenvalue weighted by Crippen LogP contribution is -2.20. The monoisotopic (exact) mass is 140 g/mol. The van der Waals surface area contributed by atoms with Crippen LogP contribution in [0.4, 0.5) is 0 Å². The van der Waals surface area contributed by atoms with Gasteiger partial charge in [-0.15, -0.1) is 0 Å². The van der Waals surface area contributed by atoms with Crippen molar-refractivity contribution in [3.63, 3.8) is 0 Å². The van der Waals surface area contributed by atoms with E-state index in [1.54, 1.807) is 0 Å². The van der Waals surface area contributed by atoms with Crippen LogP contribution in [-0.4, -0.2) is 17.3 Å². The van der Waals surface area contributed by atoms with Gasteiger partial charge in [-0.2, -0.15) is 0 Å². The molecule has 0 saturated heterocycles. The Morgan fingerprint density at radius 2 is 1.20 bits per heavy atom. The Hall–Kier alpha value is -0.990. The zero-order valence-corrected chi connectivity index (χ0v) is 5.55. The molecule has 0 heterocycles. The summed E-state index contributed by atoms with van der Waals surface area (Å²) in [6.07, 6.45) is 1.86. The average Bonchev–Trinajstić information content (AvgIpc) is 2.04.